The van der Waals surface area contributed by atoms with E-state index in [1.54, 1.807) is 25.2 Å². The van der Waals surface area contributed by atoms with Gasteiger partial charge in [0.15, 0.2) is 6.61 Å². The van der Waals surface area contributed by atoms with Crippen molar-refractivity contribution in [3.8, 4) is 17.0 Å². The molecule has 7 heteroatoms. The van der Waals surface area contributed by atoms with Gasteiger partial charge in [-0.2, -0.15) is 0 Å². The molecular formula is C19H22N2O4S. The maximum atomic E-state index is 12.6. The quantitative estimate of drug-likeness (QED) is 0.749. The predicted molar refractivity (Wildman–Crippen MR) is 101 cm³/mol. The molecule has 1 aromatic carbocycles. The van der Waals surface area contributed by atoms with Crippen LogP contribution in [0, 0.1) is 6.92 Å². The number of benzene rings is 1. The number of aromatic nitrogens is 1. The summed E-state index contributed by atoms with van der Waals surface area (Å²) in [5, 5.41) is 2.94. The van der Waals surface area contributed by atoms with Gasteiger partial charge in [-0.3, -0.25) is 9.69 Å². The highest BCUT2D eigenvalue weighted by Crippen LogP contribution is 2.38. The van der Waals surface area contributed by atoms with Gasteiger partial charge in [0.1, 0.15) is 11.8 Å². The van der Waals surface area contributed by atoms with Crippen molar-refractivity contribution in [3.05, 3.63) is 28.6 Å². The van der Waals surface area contributed by atoms with Gasteiger partial charge in [0.2, 0.25) is 0 Å². The number of anilines is 1. The van der Waals surface area contributed by atoms with Crippen LogP contribution in [0.4, 0.5) is 5.69 Å². The van der Waals surface area contributed by atoms with Crippen LogP contribution in [0.5, 0.6) is 5.75 Å². The average molecular weight is 374 g/mol. The van der Waals surface area contributed by atoms with Crippen LogP contribution in [0.15, 0.2) is 23.6 Å². The van der Waals surface area contributed by atoms with Gasteiger partial charge in [0.25, 0.3) is 5.91 Å². The van der Waals surface area contributed by atoms with Gasteiger partial charge in [-0.1, -0.05) is 6.92 Å². The van der Waals surface area contributed by atoms with Crippen LogP contribution in [0.25, 0.3) is 11.3 Å². The number of carbonyl (C=O) groups excluding carboxylic acids is 2. The summed E-state index contributed by atoms with van der Waals surface area (Å²) in [6.45, 7) is 7.31. The van der Waals surface area contributed by atoms with Gasteiger partial charge >= 0.3 is 5.97 Å². The number of ether oxygens (including phenoxy) is 2. The Kier molecular flexibility index (Phi) is 5.27. The van der Waals surface area contributed by atoms with E-state index in [1.807, 2.05) is 37.4 Å². The molecule has 0 fully saturated rings. The molecule has 2 aromatic rings. The Labute approximate surface area is 156 Å². The summed E-state index contributed by atoms with van der Waals surface area (Å²) in [5.41, 5.74) is 2.30. The van der Waals surface area contributed by atoms with Crippen molar-refractivity contribution in [3.63, 3.8) is 0 Å². The van der Waals surface area contributed by atoms with E-state index >= 15 is 0 Å². The lowest BCUT2D eigenvalue weighted by atomic mass is 10.1. The number of esters is 1. The summed E-state index contributed by atoms with van der Waals surface area (Å²) in [6, 6.07) is 4.90. The van der Waals surface area contributed by atoms with E-state index in [4.69, 9.17) is 9.47 Å². The van der Waals surface area contributed by atoms with E-state index in [0.29, 0.717) is 17.9 Å². The summed E-state index contributed by atoms with van der Waals surface area (Å²) in [7, 11) is 0. The van der Waals surface area contributed by atoms with Crippen molar-refractivity contribution in [2.45, 2.75) is 46.3 Å². The fraction of sp³-hybridized carbons (Fsp3) is 0.421. The monoisotopic (exact) mass is 374 g/mol. The molecule has 138 valence electrons. The number of aryl methyl sites for hydroxylation is 1. The first-order valence-electron chi connectivity index (χ1n) is 8.62. The lowest BCUT2D eigenvalue weighted by Crippen LogP contribution is -2.50. The Morgan fingerprint density at radius 3 is 2.81 bits per heavy atom. The van der Waals surface area contributed by atoms with Crippen molar-refractivity contribution in [1.82, 2.24) is 4.98 Å². The molecule has 0 saturated carbocycles. The van der Waals surface area contributed by atoms with E-state index in [0.717, 1.165) is 16.3 Å². The first-order chi connectivity index (χ1) is 12.4. The van der Waals surface area contributed by atoms with E-state index in [2.05, 4.69) is 4.98 Å². The Morgan fingerprint density at radius 1 is 1.42 bits per heavy atom. The molecule has 0 aliphatic carbocycles. The standard InChI is InChI=1S/C19H22N2O4S/c1-5-15(19(23)25-11(2)3)21-16-8-13(14-10-26-12(4)20-14)6-7-17(16)24-9-18(21)22/h6-8,10-11,15H,5,9H2,1-4H3. The van der Waals surface area contributed by atoms with Crippen LogP contribution in [-0.4, -0.2) is 35.6 Å². The molecule has 1 amide bonds. The Bertz CT molecular complexity index is 831. The summed E-state index contributed by atoms with van der Waals surface area (Å²) < 4.78 is 10.9. The topological polar surface area (TPSA) is 68.7 Å². The Balaban J connectivity index is 2.02. The van der Waals surface area contributed by atoms with Crippen LogP contribution in [0.1, 0.15) is 32.2 Å². The zero-order chi connectivity index (χ0) is 18.8. The van der Waals surface area contributed by atoms with Crippen LogP contribution >= 0.6 is 11.3 Å². The largest absolute Gasteiger partial charge is 0.482 e. The van der Waals surface area contributed by atoms with Crippen LogP contribution in [0.3, 0.4) is 0 Å². The molecule has 0 N–H and O–H groups in total. The minimum atomic E-state index is -0.681. The molecule has 0 saturated heterocycles. The van der Waals surface area contributed by atoms with E-state index in [9.17, 15) is 9.59 Å². The SMILES string of the molecule is CCC(C(=O)OC(C)C)N1C(=O)COc2ccc(-c3csc(C)n3)cc21. The molecule has 1 aromatic heterocycles. The fourth-order valence-corrected chi connectivity index (χ4v) is 3.56. The average Bonchev–Trinajstić information content (AvgIpc) is 3.03. The second kappa shape index (κ2) is 7.45. The minimum Gasteiger partial charge on any atom is -0.482 e. The van der Waals surface area contributed by atoms with Crippen molar-refractivity contribution < 1.29 is 19.1 Å². The number of rotatable bonds is 5. The van der Waals surface area contributed by atoms with Gasteiger partial charge in [-0.25, -0.2) is 9.78 Å². The molecule has 1 unspecified atom stereocenters. The highest BCUT2D eigenvalue weighted by Gasteiger charge is 2.36. The molecule has 1 aliphatic rings. The number of hydrogen-bond donors (Lipinski definition) is 0. The first-order valence-corrected chi connectivity index (χ1v) is 9.50. The molecule has 3 rings (SSSR count). The van der Waals surface area contributed by atoms with Gasteiger partial charge in [-0.05, 0) is 45.4 Å². The number of amides is 1. The Hall–Kier alpha value is -2.41. The summed E-state index contributed by atoms with van der Waals surface area (Å²) in [5.74, 6) is -0.0774. The maximum absolute atomic E-state index is 12.6. The van der Waals surface area contributed by atoms with Crippen molar-refractivity contribution in [2.24, 2.45) is 0 Å². The third-order valence-electron chi connectivity index (χ3n) is 4.08. The third kappa shape index (κ3) is 3.58. The lowest BCUT2D eigenvalue weighted by molar-refractivity contribution is -0.150. The smallest absolute Gasteiger partial charge is 0.329 e. The molecule has 1 aliphatic heterocycles. The van der Waals surface area contributed by atoms with Crippen molar-refractivity contribution in [1.29, 1.82) is 0 Å². The highest BCUT2D eigenvalue weighted by molar-refractivity contribution is 7.09. The first kappa shape index (κ1) is 18.4. The van der Waals surface area contributed by atoms with Gasteiger partial charge in [0.05, 0.1) is 22.5 Å². The number of nitrogens with zero attached hydrogens (tertiary/aromatic N) is 2. The van der Waals surface area contributed by atoms with E-state index < -0.39 is 12.0 Å². The predicted octanol–water partition coefficient (Wildman–Crippen LogP) is 3.57. The molecule has 6 nitrogen and oxygen atoms in total. The summed E-state index contributed by atoms with van der Waals surface area (Å²) in [6.07, 6.45) is 0.216. The van der Waals surface area contributed by atoms with Crippen LogP contribution < -0.4 is 9.64 Å². The molecular weight excluding hydrogens is 352 g/mol. The number of thiazole rings is 1. The molecule has 0 bridgehead atoms. The molecule has 1 atom stereocenters. The third-order valence-corrected chi connectivity index (χ3v) is 4.85. The summed E-state index contributed by atoms with van der Waals surface area (Å²) in [4.78, 5) is 31.1. The van der Waals surface area contributed by atoms with Crippen LogP contribution in [0.2, 0.25) is 0 Å². The highest BCUT2D eigenvalue weighted by atomic mass is 32.1. The number of carbonyl (C=O) groups is 2. The van der Waals surface area contributed by atoms with E-state index in [-0.39, 0.29) is 18.6 Å². The second-order valence-electron chi connectivity index (χ2n) is 6.40. The lowest BCUT2D eigenvalue weighted by Gasteiger charge is -2.34. The zero-order valence-electron chi connectivity index (χ0n) is 15.3. The van der Waals surface area contributed by atoms with Gasteiger partial charge < -0.3 is 9.47 Å². The van der Waals surface area contributed by atoms with Crippen molar-refractivity contribution in [2.75, 3.05) is 11.5 Å². The fourth-order valence-electron chi connectivity index (χ4n) is 2.93. The minimum absolute atomic E-state index is 0.0897. The zero-order valence-corrected chi connectivity index (χ0v) is 16.1. The normalized spacial score (nSPS) is 14.8. The number of hydrogen-bond acceptors (Lipinski definition) is 6. The van der Waals surface area contributed by atoms with E-state index in [1.165, 1.54) is 4.90 Å². The number of fused-ring (bicyclic) bond motifs is 1. The van der Waals surface area contributed by atoms with Gasteiger partial charge in [0, 0.05) is 10.9 Å². The molecule has 0 spiro atoms. The van der Waals surface area contributed by atoms with Crippen LogP contribution in [-0.2, 0) is 14.3 Å². The van der Waals surface area contributed by atoms with Gasteiger partial charge in [-0.15, -0.1) is 11.3 Å². The van der Waals surface area contributed by atoms with Crippen molar-refractivity contribution >= 4 is 28.9 Å². The molecule has 0 radical (unpaired) electrons. The maximum Gasteiger partial charge on any atom is 0.329 e. The molecule has 2 heterocycles. The Morgan fingerprint density at radius 2 is 2.19 bits per heavy atom. The summed E-state index contributed by atoms with van der Waals surface area (Å²) >= 11 is 1.56. The second-order valence-corrected chi connectivity index (χ2v) is 7.46. The molecule has 26 heavy (non-hydrogen) atoms.